The molecule has 1 aliphatic carbocycles. The highest BCUT2D eigenvalue weighted by Crippen LogP contribution is 2.39. The minimum atomic E-state index is -0.346. The Balaban J connectivity index is 1.48. The number of aromatic nitrogens is 1. The summed E-state index contributed by atoms with van der Waals surface area (Å²) in [6.45, 7) is 1.87. The van der Waals surface area contributed by atoms with E-state index in [0.29, 0.717) is 32.8 Å². The van der Waals surface area contributed by atoms with Crippen LogP contribution < -0.4 is 10.6 Å². The highest BCUT2D eigenvalue weighted by molar-refractivity contribution is 7.16. The minimum absolute atomic E-state index is 0.116. The predicted molar refractivity (Wildman–Crippen MR) is 117 cm³/mol. The number of carbonyl (C=O) groups excluding carboxylic acids is 2. The monoisotopic (exact) mass is 445 g/mol. The zero-order valence-corrected chi connectivity index (χ0v) is 17.8. The molecule has 0 spiro atoms. The van der Waals surface area contributed by atoms with Crippen LogP contribution in [0.15, 0.2) is 42.5 Å². The first-order chi connectivity index (χ1) is 13.9. The number of carbonyl (C=O) groups is 2. The molecule has 1 unspecified atom stereocenters. The Labute approximate surface area is 182 Å². The van der Waals surface area contributed by atoms with E-state index in [2.05, 4.69) is 15.6 Å². The van der Waals surface area contributed by atoms with E-state index in [1.807, 2.05) is 13.0 Å². The maximum atomic E-state index is 12.8. The lowest BCUT2D eigenvalue weighted by Crippen LogP contribution is -2.20. The zero-order chi connectivity index (χ0) is 20.5. The molecular weight excluding hydrogens is 429 g/mol. The van der Waals surface area contributed by atoms with E-state index in [1.165, 1.54) is 11.3 Å². The summed E-state index contributed by atoms with van der Waals surface area (Å²) in [6, 6.07) is 12.1. The van der Waals surface area contributed by atoms with E-state index < -0.39 is 0 Å². The van der Waals surface area contributed by atoms with Gasteiger partial charge in [0, 0.05) is 26.2 Å². The Morgan fingerprint density at radius 3 is 2.62 bits per heavy atom. The van der Waals surface area contributed by atoms with Crippen molar-refractivity contribution >= 4 is 57.2 Å². The van der Waals surface area contributed by atoms with E-state index in [9.17, 15) is 9.59 Å². The Morgan fingerprint density at radius 2 is 1.86 bits per heavy atom. The van der Waals surface area contributed by atoms with Gasteiger partial charge < -0.3 is 5.32 Å². The fourth-order valence-electron chi connectivity index (χ4n) is 3.27. The first-order valence-corrected chi connectivity index (χ1v) is 10.6. The van der Waals surface area contributed by atoms with Crippen LogP contribution in [0.1, 0.15) is 38.8 Å². The number of benzene rings is 2. The third-order valence-electron chi connectivity index (χ3n) is 4.89. The van der Waals surface area contributed by atoms with Crippen molar-refractivity contribution in [3.63, 3.8) is 0 Å². The Bertz CT molecular complexity index is 1100. The van der Waals surface area contributed by atoms with Gasteiger partial charge in [0.25, 0.3) is 5.91 Å². The number of nitrogens with zero attached hydrogens (tertiary/aromatic N) is 1. The van der Waals surface area contributed by atoms with Gasteiger partial charge in [0.1, 0.15) is 0 Å². The maximum absolute atomic E-state index is 12.8. The van der Waals surface area contributed by atoms with Crippen LogP contribution in [0.4, 0.5) is 10.8 Å². The number of halogens is 2. The number of nitrogens with one attached hydrogen (secondary N) is 2. The van der Waals surface area contributed by atoms with Gasteiger partial charge in [-0.3, -0.25) is 14.9 Å². The number of fused-ring (bicyclic) bond motifs is 1. The van der Waals surface area contributed by atoms with Crippen LogP contribution in [0.5, 0.6) is 0 Å². The molecule has 4 rings (SSSR count). The zero-order valence-electron chi connectivity index (χ0n) is 15.5. The highest BCUT2D eigenvalue weighted by atomic mass is 35.5. The fraction of sp³-hybridized carbons (Fsp3) is 0.190. The molecule has 0 saturated carbocycles. The van der Waals surface area contributed by atoms with Gasteiger partial charge in [-0.25, -0.2) is 4.98 Å². The first kappa shape index (κ1) is 19.9. The molecule has 0 radical (unpaired) electrons. The van der Waals surface area contributed by atoms with Gasteiger partial charge in [-0.1, -0.05) is 29.3 Å². The molecule has 29 heavy (non-hydrogen) atoms. The number of hydrogen-bond donors (Lipinski definition) is 2. The third kappa shape index (κ3) is 4.15. The van der Waals surface area contributed by atoms with Gasteiger partial charge in [0.05, 0.1) is 11.6 Å². The summed E-state index contributed by atoms with van der Waals surface area (Å²) < 4.78 is 0. The minimum Gasteiger partial charge on any atom is -0.325 e. The number of amides is 2. The van der Waals surface area contributed by atoms with Crippen molar-refractivity contribution in [1.82, 2.24) is 4.98 Å². The smallest absolute Gasteiger partial charge is 0.257 e. The molecule has 2 aromatic carbocycles. The average molecular weight is 446 g/mol. The molecule has 1 aromatic heterocycles. The highest BCUT2D eigenvalue weighted by Gasteiger charge is 2.33. The van der Waals surface area contributed by atoms with Crippen molar-refractivity contribution in [2.45, 2.75) is 25.7 Å². The topological polar surface area (TPSA) is 71.1 Å². The van der Waals surface area contributed by atoms with Crippen LogP contribution in [0.2, 0.25) is 10.0 Å². The second-order valence-electron chi connectivity index (χ2n) is 6.78. The third-order valence-corrected chi connectivity index (χ3v) is 6.59. The standard InChI is InChI=1S/C21H17Cl2N3O2S/c1-11-15(23)3-2-4-16(11)24-20(28)14-9-10-17-18(14)25-21(29-17)26-19(27)12-5-7-13(22)8-6-12/h2-8,14H,9-10H2,1H3,(H,24,28)(H,25,26,27). The van der Waals surface area contributed by atoms with Crippen molar-refractivity contribution in [2.24, 2.45) is 0 Å². The fourth-order valence-corrected chi connectivity index (χ4v) is 4.60. The number of thiazole rings is 1. The van der Waals surface area contributed by atoms with Gasteiger partial charge in [-0.05, 0) is 61.7 Å². The molecule has 1 atom stereocenters. The van der Waals surface area contributed by atoms with Crippen LogP contribution in [-0.2, 0) is 11.2 Å². The van der Waals surface area contributed by atoms with Gasteiger partial charge >= 0.3 is 0 Å². The van der Waals surface area contributed by atoms with Crippen LogP contribution in [-0.4, -0.2) is 16.8 Å². The largest absolute Gasteiger partial charge is 0.325 e. The molecule has 0 bridgehead atoms. The summed E-state index contributed by atoms with van der Waals surface area (Å²) in [5, 5.41) is 7.43. The molecule has 2 amide bonds. The maximum Gasteiger partial charge on any atom is 0.257 e. The molecular formula is C21H17Cl2N3O2S. The Hall–Kier alpha value is -2.41. The molecule has 0 aliphatic heterocycles. The van der Waals surface area contributed by atoms with Gasteiger partial charge in [-0.2, -0.15) is 0 Å². The molecule has 8 heteroatoms. The van der Waals surface area contributed by atoms with E-state index in [-0.39, 0.29) is 17.7 Å². The first-order valence-electron chi connectivity index (χ1n) is 9.05. The summed E-state index contributed by atoms with van der Waals surface area (Å²) in [6.07, 6.45) is 1.46. The lowest BCUT2D eigenvalue weighted by molar-refractivity contribution is -0.117. The van der Waals surface area contributed by atoms with Gasteiger partial charge in [0.2, 0.25) is 5.91 Å². The number of aryl methyl sites for hydroxylation is 1. The van der Waals surface area contributed by atoms with E-state index in [1.54, 1.807) is 36.4 Å². The molecule has 0 saturated heterocycles. The van der Waals surface area contributed by atoms with Gasteiger partial charge in [-0.15, -0.1) is 11.3 Å². The lowest BCUT2D eigenvalue weighted by Gasteiger charge is -2.13. The van der Waals surface area contributed by atoms with E-state index in [4.69, 9.17) is 23.2 Å². The molecule has 148 valence electrons. The van der Waals surface area contributed by atoms with E-state index >= 15 is 0 Å². The van der Waals surface area contributed by atoms with Crippen molar-refractivity contribution in [3.8, 4) is 0 Å². The predicted octanol–water partition coefficient (Wildman–Crippen LogP) is 5.68. The Kier molecular flexibility index (Phi) is 5.58. The summed E-state index contributed by atoms with van der Waals surface area (Å²) in [5.74, 6) is -0.722. The van der Waals surface area contributed by atoms with Crippen molar-refractivity contribution < 1.29 is 9.59 Å². The van der Waals surface area contributed by atoms with Crippen molar-refractivity contribution in [1.29, 1.82) is 0 Å². The van der Waals surface area contributed by atoms with Crippen LogP contribution >= 0.6 is 34.5 Å². The van der Waals surface area contributed by atoms with E-state index in [0.717, 1.165) is 22.6 Å². The van der Waals surface area contributed by atoms with Crippen molar-refractivity contribution in [2.75, 3.05) is 10.6 Å². The van der Waals surface area contributed by atoms with Gasteiger partial charge in [0.15, 0.2) is 5.13 Å². The van der Waals surface area contributed by atoms with Crippen LogP contribution in [0, 0.1) is 6.92 Å². The number of hydrogen-bond acceptors (Lipinski definition) is 4. The molecule has 5 nitrogen and oxygen atoms in total. The second-order valence-corrected chi connectivity index (χ2v) is 8.71. The molecule has 0 fully saturated rings. The molecule has 1 aliphatic rings. The van der Waals surface area contributed by atoms with Crippen LogP contribution in [0.25, 0.3) is 0 Å². The summed E-state index contributed by atoms with van der Waals surface area (Å²) in [7, 11) is 0. The lowest BCUT2D eigenvalue weighted by atomic mass is 10.1. The Morgan fingerprint density at radius 1 is 1.10 bits per heavy atom. The van der Waals surface area contributed by atoms with Crippen LogP contribution in [0.3, 0.4) is 0 Å². The number of anilines is 2. The molecule has 1 heterocycles. The summed E-state index contributed by atoms with van der Waals surface area (Å²) >= 11 is 13.4. The summed E-state index contributed by atoms with van der Waals surface area (Å²) in [4.78, 5) is 30.8. The normalized spacial score (nSPS) is 15.1. The van der Waals surface area contributed by atoms with Crippen molar-refractivity contribution in [3.05, 3.63) is 74.2 Å². The summed E-state index contributed by atoms with van der Waals surface area (Å²) in [5.41, 5.74) is 2.76. The molecule has 2 N–H and O–H groups in total. The molecule has 3 aromatic rings. The average Bonchev–Trinajstić information content (AvgIpc) is 3.26. The SMILES string of the molecule is Cc1c(Cl)cccc1NC(=O)C1CCc2sc(NC(=O)c3ccc(Cl)cc3)nc21. The number of rotatable bonds is 4. The quantitative estimate of drug-likeness (QED) is 0.542. The second kappa shape index (κ2) is 8.14.